The Kier molecular flexibility index (Phi) is 19.5. The molecule has 0 aromatic carbocycles. The number of phosphoric acid groups is 1. The van der Waals surface area contributed by atoms with Crippen molar-refractivity contribution >= 4 is 19.8 Å². The minimum atomic E-state index is -4.32. The van der Waals surface area contributed by atoms with Crippen LogP contribution in [0.2, 0.25) is 0 Å². The van der Waals surface area contributed by atoms with Gasteiger partial charge in [-0.15, -0.1) is 0 Å². The molecule has 0 heterocycles. The molecule has 9 nitrogen and oxygen atoms in total. The van der Waals surface area contributed by atoms with E-state index < -0.39 is 26.5 Å². The van der Waals surface area contributed by atoms with Crippen molar-refractivity contribution in [3.05, 3.63) is 0 Å². The standard InChI is InChI=1S/C25H50NO8P/c1-6-8-10-11-12-13-14-15-16-18-24(27)31-21-23(34-25(28)17-9-7-2)22-33-35(29,30)32-20-19-26(3,4)5/h23H,6-22H2,1-5H3/p+1/t23-/m1/s1. The van der Waals surface area contributed by atoms with Crippen LogP contribution in [0.15, 0.2) is 0 Å². The van der Waals surface area contributed by atoms with Gasteiger partial charge in [-0.2, -0.15) is 0 Å². The molecular formula is C25H51NO8P+. The second-order valence-electron chi connectivity index (χ2n) is 10.1. The number of ether oxygens (including phenoxy) is 2. The molecule has 0 aliphatic rings. The Balaban J connectivity index is 4.39. The van der Waals surface area contributed by atoms with Gasteiger partial charge in [0.2, 0.25) is 0 Å². The molecule has 0 aliphatic carbocycles. The number of likely N-dealkylation sites (N-methyl/N-ethyl adjacent to an activating group) is 1. The van der Waals surface area contributed by atoms with E-state index >= 15 is 0 Å². The van der Waals surface area contributed by atoms with E-state index in [9.17, 15) is 19.0 Å². The maximum Gasteiger partial charge on any atom is 0.472 e. The Hall–Kier alpha value is -0.990. The third-order valence-corrected chi connectivity index (χ3v) is 6.37. The van der Waals surface area contributed by atoms with Gasteiger partial charge in [0.15, 0.2) is 6.10 Å². The number of phosphoric ester groups is 1. The lowest BCUT2D eigenvalue weighted by Crippen LogP contribution is -2.37. The number of rotatable bonds is 23. The first-order valence-electron chi connectivity index (χ1n) is 13.3. The molecule has 35 heavy (non-hydrogen) atoms. The van der Waals surface area contributed by atoms with E-state index in [1.165, 1.54) is 38.5 Å². The molecule has 0 spiro atoms. The number of esters is 2. The van der Waals surface area contributed by atoms with Crippen molar-refractivity contribution < 1.29 is 42.1 Å². The minimum Gasteiger partial charge on any atom is -0.462 e. The van der Waals surface area contributed by atoms with Gasteiger partial charge in [0.05, 0.1) is 27.7 Å². The highest BCUT2D eigenvalue weighted by molar-refractivity contribution is 7.47. The summed E-state index contributed by atoms with van der Waals surface area (Å²) in [5.74, 6) is -0.844. The number of hydrogen-bond donors (Lipinski definition) is 1. The Morgan fingerprint density at radius 2 is 1.31 bits per heavy atom. The van der Waals surface area contributed by atoms with Crippen LogP contribution in [0, 0.1) is 0 Å². The van der Waals surface area contributed by atoms with Crippen molar-refractivity contribution in [1.82, 2.24) is 0 Å². The quantitative estimate of drug-likeness (QED) is 0.0820. The molecule has 0 fully saturated rings. The molecule has 208 valence electrons. The molecule has 0 amide bonds. The van der Waals surface area contributed by atoms with Gasteiger partial charge in [0.25, 0.3) is 0 Å². The van der Waals surface area contributed by atoms with Crippen molar-refractivity contribution in [3.63, 3.8) is 0 Å². The summed E-state index contributed by atoms with van der Waals surface area (Å²) in [5.41, 5.74) is 0. The highest BCUT2D eigenvalue weighted by atomic mass is 31.2. The highest BCUT2D eigenvalue weighted by Gasteiger charge is 2.26. The normalized spacial score (nSPS) is 14.3. The Labute approximate surface area is 213 Å². The van der Waals surface area contributed by atoms with Gasteiger partial charge in [-0.25, -0.2) is 4.57 Å². The number of hydrogen-bond acceptors (Lipinski definition) is 7. The lowest BCUT2D eigenvalue weighted by Gasteiger charge is -2.24. The number of carbonyl (C=O) groups is 2. The van der Waals surface area contributed by atoms with E-state index in [4.69, 9.17) is 18.5 Å². The zero-order valence-electron chi connectivity index (χ0n) is 22.8. The molecule has 1 unspecified atom stereocenters. The first-order chi connectivity index (χ1) is 16.5. The molecular weight excluding hydrogens is 473 g/mol. The largest absolute Gasteiger partial charge is 0.472 e. The van der Waals surface area contributed by atoms with Crippen LogP contribution in [-0.4, -0.2) is 74.9 Å². The molecule has 0 bridgehead atoms. The summed E-state index contributed by atoms with van der Waals surface area (Å²) in [5, 5.41) is 0. The van der Waals surface area contributed by atoms with Gasteiger partial charge >= 0.3 is 19.8 Å². The fourth-order valence-corrected chi connectivity index (χ4v) is 3.91. The van der Waals surface area contributed by atoms with Gasteiger partial charge in [-0.1, -0.05) is 71.6 Å². The van der Waals surface area contributed by atoms with E-state index in [0.29, 0.717) is 23.9 Å². The monoisotopic (exact) mass is 524 g/mol. The molecule has 2 atom stereocenters. The smallest absolute Gasteiger partial charge is 0.462 e. The van der Waals surface area contributed by atoms with Crippen LogP contribution in [-0.2, 0) is 32.7 Å². The lowest BCUT2D eigenvalue weighted by molar-refractivity contribution is -0.870. The number of quaternary nitrogens is 1. The fraction of sp³-hybridized carbons (Fsp3) is 0.920. The van der Waals surface area contributed by atoms with E-state index in [-0.39, 0.29) is 25.6 Å². The molecule has 0 aliphatic heterocycles. The summed E-state index contributed by atoms with van der Waals surface area (Å²) in [7, 11) is 1.47. The molecule has 0 saturated carbocycles. The SMILES string of the molecule is CCCCCCCCCCCC(=O)OC[C@H](COP(=O)(O)OCC[N+](C)(C)C)OC(=O)CCCC. The average molecular weight is 525 g/mol. The third kappa shape index (κ3) is 23.2. The number of nitrogens with zero attached hydrogens (tertiary/aromatic N) is 1. The Bertz CT molecular complexity index is 609. The van der Waals surface area contributed by atoms with E-state index in [2.05, 4.69) is 6.92 Å². The average Bonchev–Trinajstić information content (AvgIpc) is 2.77. The maximum atomic E-state index is 12.2. The first kappa shape index (κ1) is 34.0. The van der Waals surface area contributed by atoms with Gasteiger partial charge in [-0.3, -0.25) is 18.6 Å². The Morgan fingerprint density at radius 1 is 0.771 bits per heavy atom. The minimum absolute atomic E-state index is 0.0337. The van der Waals surface area contributed by atoms with Crippen molar-refractivity contribution in [1.29, 1.82) is 0 Å². The second kappa shape index (κ2) is 20.1. The summed E-state index contributed by atoms with van der Waals surface area (Å²) in [6.07, 6.45) is 11.4. The summed E-state index contributed by atoms with van der Waals surface area (Å²) >= 11 is 0. The summed E-state index contributed by atoms with van der Waals surface area (Å²) in [4.78, 5) is 34.1. The van der Waals surface area contributed by atoms with E-state index in [1.807, 2.05) is 28.1 Å². The highest BCUT2D eigenvalue weighted by Crippen LogP contribution is 2.43. The molecule has 0 aromatic heterocycles. The maximum absolute atomic E-state index is 12.2. The topological polar surface area (TPSA) is 108 Å². The van der Waals surface area contributed by atoms with Crippen LogP contribution >= 0.6 is 7.82 Å². The van der Waals surface area contributed by atoms with Crippen molar-refractivity contribution in [2.45, 2.75) is 103 Å². The second-order valence-corrected chi connectivity index (χ2v) is 11.5. The predicted octanol–water partition coefficient (Wildman–Crippen LogP) is 5.39. The van der Waals surface area contributed by atoms with Gasteiger partial charge in [-0.05, 0) is 12.8 Å². The molecule has 0 saturated heterocycles. The van der Waals surface area contributed by atoms with Crippen LogP contribution < -0.4 is 0 Å². The zero-order chi connectivity index (χ0) is 26.6. The molecule has 0 aromatic rings. The van der Waals surface area contributed by atoms with Crippen LogP contribution in [0.3, 0.4) is 0 Å². The van der Waals surface area contributed by atoms with Crippen molar-refractivity contribution in [3.8, 4) is 0 Å². The molecule has 0 radical (unpaired) electrons. The number of carbonyl (C=O) groups excluding carboxylic acids is 2. The van der Waals surface area contributed by atoms with E-state index in [0.717, 1.165) is 25.7 Å². The summed E-state index contributed by atoms with van der Waals surface area (Å²) in [6, 6.07) is 0. The number of unbranched alkanes of at least 4 members (excludes halogenated alkanes) is 9. The van der Waals surface area contributed by atoms with Crippen molar-refractivity contribution in [2.75, 3.05) is 47.5 Å². The van der Waals surface area contributed by atoms with Crippen LogP contribution in [0.25, 0.3) is 0 Å². The van der Waals surface area contributed by atoms with Crippen LogP contribution in [0.5, 0.6) is 0 Å². The lowest BCUT2D eigenvalue weighted by atomic mass is 10.1. The van der Waals surface area contributed by atoms with Crippen LogP contribution in [0.4, 0.5) is 0 Å². The Morgan fingerprint density at radius 3 is 1.89 bits per heavy atom. The third-order valence-electron chi connectivity index (χ3n) is 5.39. The van der Waals surface area contributed by atoms with Gasteiger partial charge in [0.1, 0.15) is 19.8 Å². The van der Waals surface area contributed by atoms with Gasteiger partial charge < -0.3 is 18.9 Å². The summed E-state index contributed by atoms with van der Waals surface area (Å²) in [6.45, 7) is 4.08. The zero-order valence-corrected chi connectivity index (χ0v) is 23.7. The van der Waals surface area contributed by atoms with Crippen LogP contribution in [0.1, 0.15) is 97.3 Å². The first-order valence-corrected chi connectivity index (χ1v) is 14.8. The summed E-state index contributed by atoms with van der Waals surface area (Å²) < 4.78 is 33.3. The van der Waals surface area contributed by atoms with Gasteiger partial charge in [0, 0.05) is 12.8 Å². The predicted molar refractivity (Wildman–Crippen MR) is 137 cm³/mol. The van der Waals surface area contributed by atoms with Crippen molar-refractivity contribution in [2.24, 2.45) is 0 Å². The molecule has 1 N–H and O–H groups in total. The fourth-order valence-electron chi connectivity index (χ4n) is 3.16. The molecule has 10 heteroatoms. The molecule has 0 rings (SSSR count). The van der Waals surface area contributed by atoms with E-state index in [1.54, 1.807) is 0 Å².